The quantitative estimate of drug-likeness (QED) is 0.659. The van der Waals surface area contributed by atoms with Gasteiger partial charge in [0.15, 0.2) is 0 Å². The number of anilines is 2. The Morgan fingerprint density at radius 3 is 2.45 bits per heavy atom. The Kier molecular flexibility index (Phi) is 5.06. The minimum Gasteiger partial charge on any atom is -0.481 e. The molecule has 5 rings (SSSR count). The molecule has 3 aliphatic rings. The van der Waals surface area contributed by atoms with Gasteiger partial charge in [0, 0.05) is 10.6 Å². The minimum absolute atomic E-state index is 0.252. The molecule has 0 saturated carbocycles. The van der Waals surface area contributed by atoms with Crippen LogP contribution in [0.1, 0.15) is 45.6 Å². The van der Waals surface area contributed by atoms with E-state index >= 15 is 0 Å². The molecular weight excluding hydrogens is 416 g/mol. The van der Waals surface area contributed by atoms with Gasteiger partial charge in [0.2, 0.25) is 5.91 Å². The van der Waals surface area contributed by atoms with Gasteiger partial charge in [-0.3, -0.25) is 14.4 Å². The number of amides is 2. The highest BCUT2D eigenvalue weighted by Crippen LogP contribution is 2.45. The highest BCUT2D eigenvalue weighted by molar-refractivity contribution is 7.17. The number of thiophene rings is 1. The molecule has 3 N–H and O–H groups in total. The maximum Gasteiger partial charge on any atom is 0.310 e. The fraction of sp³-hybridized carbons (Fsp3) is 0.435. The number of ether oxygens (including phenoxy) is 1. The summed E-state index contributed by atoms with van der Waals surface area (Å²) in [5.41, 5.74) is 3.29. The van der Waals surface area contributed by atoms with Crippen LogP contribution in [0.3, 0.4) is 0 Å². The molecule has 3 heterocycles. The number of carboxylic acid groups (broad SMARTS) is 1. The molecule has 162 valence electrons. The van der Waals surface area contributed by atoms with E-state index in [1.54, 1.807) is 0 Å². The normalized spacial score (nSPS) is 26.0. The summed E-state index contributed by atoms with van der Waals surface area (Å²) < 4.78 is 5.73. The van der Waals surface area contributed by atoms with E-state index < -0.39 is 23.9 Å². The maximum absolute atomic E-state index is 13.2. The molecule has 7 nitrogen and oxygen atoms in total. The third kappa shape index (κ3) is 3.53. The Morgan fingerprint density at radius 2 is 1.74 bits per heavy atom. The molecule has 31 heavy (non-hydrogen) atoms. The summed E-state index contributed by atoms with van der Waals surface area (Å²) in [5.74, 6) is -3.20. The van der Waals surface area contributed by atoms with Crippen molar-refractivity contribution in [2.75, 3.05) is 10.6 Å². The number of hydrogen-bond acceptors (Lipinski definition) is 5. The molecule has 2 bridgehead atoms. The molecule has 4 atom stereocenters. The van der Waals surface area contributed by atoms with Crippen LogP contribution in [0, 0.1) is 18.8 Å². The number of carboxylic acids is 1. The van der Waals surface area contributed by atoms with Crippen LogP contribution >= 0.6 is 11.3 Å². The fourth-order valence-corrected chi connectivity index (χ4v) is 6.37. The van der Waals surface area contributed by atoms with Gasteiger partial charge < -0.3 is 20.5 Å². The number of aryl methyl sites for hydroxylation is 2. The van der Waals surface area contributed by atoms with Crippen LogP contribution in [0.25, 0.3) is 0 Å². The standard InChI is InChI=1S/C23H24N2O5S/c1-11-5-7-12(8-6-11)24-20(26)17-13-3-2-4-16(13)31-22(17)25-21(27)18-14-9-10-15(30-14)19(18)23(28)29/h5-8,14-15,18-19H,2-4,9-10H2,1H3,(H,24,26)(H,25,27)(H,28,29). The van der Waals surface area contributed by atoms with Crippen molar-refractivity contribution in [3.05, 3.63) is 45.8 Å². The van der Waals surface area contributed by atoms with Gasteiger partial charge in [0.1, 0.15) is 5.00 Å². The lowest BCUT2D eigenvalue weighted by molar-refractivity contribution is -0.147. The van der Waals surface area contributed by atoms with Crippen molar-refractivity contribution < 1.29 is 24.2 Å². The van der Waals surface area contributed by atoms with Gasteiger partial charge in [-0.1, -0.05) is 17.7 Å². The second kappa shape index (κ2) is 7.76. The van der Waals surface area contributed by atoms with Crippen LogP contribution in [0.4, 0.5) is 10.7 Å². The summed E-state index contributed by atoms with van der Waals surface area (Å²) in [6.07, 6.45) is 3.25. The fourth-order valence-electron chi connectivity index (χ4n) is 5.08. The van der Waals surface area contributed by atoms with Crippen LogP contribution in [0.2, 0.25) is 0 Å². The van der Waals surface area contributed by atoms with Gasteiger partial charge in [-0.25, -0.2) is 0 Å². The highest BCUT2D eigenvalue weighted by atomic mass is 32.1. The zero-order valence-corrected chi connectivity index (χ0v) is 18.0. The first-order valence-corrected chi connectivity index (χ1v) is 11.5. The molecule has 8 heteroatoms. The number of benzene rings is 1. The van der Waals surface area contributed by atoms with E-state index in [2.05, 4.69) is 10.6 Å². The summed E-state index contributed by atoms with van der Waals surface area (Å²) in [5, 5.41) is 16.0. The van der Waals surface area contributed by atoms with Gasteiger partial charge >= 0.3 is 5.97 Å². The summed E-state index contributed by atoms with van der Waals surface area (Å²) >= 11 is 1.43. The van der Waals surface area contributed by atoms with Crippen molar-refractivity contribution in [2.45, 2.75) is 51.2 Å². The van der Waals surface area contributed by atoms with Gasteiger partial charge in [-0.15, -0.1) is 11.3 Å². The molecule has 2 saturated heterocycles. The summed E-state index contributed by atoms with van der Waals surface area (Å²) in [7, 11) is 0. The molecule has 2 fully saturated rings. The van der Waals surface area contributed by atoms with Crippen molar-refractivity contribution in [3.63, 3.8) is 0 Å². The summed E-state index contributed by atoms with van der Waals surface area (Å²) in [4.78, 5) is 39.2. The predicted octanol–water partition coefficient (Wildman–Crippen LogP) is 3.61. The number of aliphatic carboxylic acids is 1. The monoisotopic (exact) mass is 440 g/mol. The Labute approximate surface area is 183 Å². The van der Waals surface area contributed by atoms with E-state index in [0.717, 1.165) is 35.3 Å². The molecule has 0 radical (unpaired) electrons. The molecule has 1 aromatic carbocycles. The van der Waals surface area contributed by atoms with Gasteiger partial charge in [0.05, 0.1) is 29.6 Å². The number of hydrogen-bond donors (Lipinski definition) is 3. The second-order valence-corrected chi connectivity index (χ2v) is 9.66. The van der Waals surface area contributed by atoms with E-state index in [-0.39, 0.29) is 17.9 Å². The van der Waals surface area contributed by atoms with Gasteiger partial charge in [0.25, 0.3) is 5.91 Å². The van der Waals surface area contributed by atoms with Crippen LogP contribution in [0.15, 0.2) is 24.3 Å². The smallest absolute Gasteiger partial charge is 0.310 e. The average molecular weight is 441 g/mol. The van der Waals surface area contributed by atoms with Crippen LogP contribution in [-0.4, -0.2) is 35.1 Å². The first kappa shape index (κ1) is 20.2. The lowest BCUT2D eigenvalue weighted by atomic mass is 9.79. The zero-order chi connectivity index (χ0) is 21.7. The first-order valence-electron chi connectivity index (χ1n) is 10.6. The SMILES string of the molecule is Cc1ccc(NC(=O)c2c(NC(=O)C3C4CCC(O4)C3C(=O)O)sc3c2CCC3)cc1. The molecule has 2 aromatic rings. The van der Waals surface area contributed by atoms with Crippen LogP contribution in [0.5, 0.6) is 0 Å². The highest BCUT2D eigenvalue weighted by Gasteiger charge is 2.55. The number of fused-ring (bicyclic) bond motifs is 3. The number of nitrogens with one attached hydrogen (secondary N) is 2. The Bertz CT molecular complexity index is 1060. The molecule has 1 aliphatic carbocycles. The Balaban J connectivity index is 1.41. The first-order chi connectivity index (χ1) is 14.9. The van der Waals surface area contributed by atoms with Gasteiger partial charge in [-0.2, -0.15) is 0 Å². The molecule has 1 aromatic heterocycles. The van der Waals surface area contributed by atoms with Crippen LogP contribution in [-0.2, 0) is 27.2 Å². The van der Waals surface area contributed by atoms with Crippen molar-refractivity contribution in [1.29, 1.82) is 0 Å². The lowest BCUT2D eigenvalue weighted by Crippen LogP contribution is -2.41. The van der Waals surface area contributed by atoms with Gasteiger partial charge in [-0.05, 0) is 56.7 Å². The van der Waals surface area contributed by atoms with E-state index in [1.165, 1.54) is 11.3 Å². The van der Waals surface area contributed by atoms with E-state index in [9.17, 15) is 19.5 Å². The lowest BCUT2D eigenvalue weighted by Gasteiger charge is -2.23. The zero-order valence-electron chi connectivity index (χ0n) is 17.1. The number of carbonyl (C=O) groups excluding carboxylic acids is 2. The molecular formula is C23H24N2O5S. The number of rotatable bonds is 5. The van der Waals surface area contributed by atoms with Crippen molar-refractivity contribution >= 4 is 39.8 Å². The van der Waals surface area contributed by atoms with Crippen molar-refractivity contribution in [2.24, 2.45) is 11.8 Å². The number of carbonyl (C=O) groups is 3. The predicted molar refractivity (Wildman–Crippen MR) is 117 cm³/mol. The van der Waals surface area contributed by atoms with Crippen molar-refractivity contribution in [3.8, 4) is 0 Å². The largest absolute Gasteiger partial charge is 0.481 e. The topological polar surface area (TPSA) is 105 Å². The molecule has 2 aliphatic heterocycles. The molecule has 4 unspecified atom stereocenters. The average Bonchev–Trinajstić information content (AvgIpc) is 3.49. The minimum atomic E-state index is -1.00. The molecule has 2 amide bonds. The third-order valence-corrected chi connectivity index (χ3v) is 7.76. The third-order valence-electron chi connectivity index (χ3n) is 6.56. The maximum atomic E-state index is 13.2. The summed E-state index contributed by atoms with van der Waals surface area (Å²) in [6, 6.07) is 7.55. The van der Waals surface area contributed by atoms with E-state index in [0.29, 0.717) is 29.1 Å². The second-order valence-electron chi connectivity index (χ2n) is 8.55. The van der Waals surface area contributed by atoms with Crippen LogP contribution < -0.4 is 10.6 Å². The van der Waals surface area contributed by atoms with E-state index in [4.69, 9.17) is 4.74 Å². The Hall–Kier alpha value is -2.71. The summed E-state index contributed by atoms with van der Waals surface area (Å²) in [6.45, 7) is 1.98. The van der Waals surface area contributed by atoms with E-state index in [1.807, 2.05) is 31.2 Å². The van der Waals surface area contributed by atoms with Crippen molar-refractivity contribution in [1.82, 2.24) is 0 Å². The molecule has 0 spiro atoms. The Morgan fingerprint density at radius 1 is 1.03 bits per heavy atom.